The summed E-state index contributed by atoms with van der Waals surface area (Å²) in [6, 6.07) is 11.6. The van der Waals surface area contributed by atoms with Gasteiger partial charge in [0, 0.05) is 30.1 Å². The van der Waals surface area contributed by atoms with E-state index in [0.29, 0.717) is 23.9 Å². The Bertz CT molecular complexity index is 877. The summed E-state index contributed by atoms with van der Waals surface area (Å²) in [5.41, 5.74) is 1.57. The molecule has 0 saturated carbocycles. The van der Waals surface area contributed by atoms with E-state index < -0.39 is 0 Å². The smallest absolute Gasteiger partial charge is 0.254 e. The van der Waals surface area contributed by atoms with Crippen LogP contribution in [0, 0.1) is 11.8 Å². The molecule has 0 N–H and O–H groups in total. The first-order chi connectivity index (χ1) is 14.0. The highest BCUT2D eigenvalue weighted by Gasteiger charge is 2.46. The SMILES string of the molecule is CC(C)CN1C(=O)c2ccccc2[C@H](C(=O)N2CCC[C@@H](C)C2)[C@@H]1c1cccs1. The Morgan fingerprint density at radius 1 is 1.21 bits per heavy atom. The minimum Gasteiger partial charge on any atom is -0.342 e. The second-order valence-corrected chi connectivity index (χ2v) is 9.89. The minimum atomic E-state index is -0.341. The van der Waals surface area contributed by atoms with Crippen LogP contribution in [0.15, 0.2) is 41.8 Å². The van der Waals surface area contributed by atoms with Crippen molar-refractivity contribution >= 4 is 23.2 Å². The van der Waals surface area contributed by atoms with Crippen LogP contribution < -0.4 is 0 Å². The van der Waals surface area contributed by atoms with Crippen molar-refractivity contribution in [3.63, 3.8) is 0 Å². The monoisotopic (exact) mass is 410 g/mol. The molecular formula is C24H30N2O2S. The van der Waals surface area contributed by atoms with Gasteiger partial charge in [-0.1, -0.05) is 45.0 Å². The number of hydrogen-bond donors (Lipinski definition) is 0. The number of likely N-dealkylation sites (tertiary alicyclic amines) is 1. The van der Waals surface area contributed by atoms with Crippen LogP contribution >= 0.6 is 11.3 Å². The fourth-order valence-electron chi connectivity index (χ4n) is 4.82. The van der Waals surface area contributed by atoms with Gasteiger partial charge in [-0.2, -0.15) is 0 Å². The zero-order chi connectivity index (χ0) is 20.5. The molecule has 1 aromatic heterocycles. The van der Waals surface area contributed by atoms with Crippen molar-refractivity contribution in [1.29, 1.82) is 0 Å². The van der Waals surface area contributed by atoms with Crippen molar-refractivity contribution in [2.24, 2.45) is 11.8 Å². The quantitative estimate of drug-likeness (QED) is 0.716. The lowest BCUT2D eigenvalue weighted by molar-refractivity contribution is -0.136. The van der Waals surface area contributed by atoms with Crippen molar-refractivity contribution in [2.75, 3.05) is 19.6 Å². The van der Waals surface area contributed by atoms with Gasteiger partial charge in [-0.05, 0) is 47.8 Å². The van der Waals surface area contributed by atoms with Gasteiger partial charge >= 0.3 is 0 Å². The fourth-order valence-corrected chi connectivity index (χ4v) is 5.69. The molecule has 2 aliphatic heterocycles. The molecule has 0 bridgehead atoms. The first-order valence-electron chi connectivity index (χ1n) is 10.7. The second-order valence-electron chi connectivity index (χ2n) is 8.91. The Balaban J connectivity index is 1.82. The van der Waals surface area contributed by atoms with E-state index >= 15 is 0 Å². The average molecular weight is 411 g/mol. The molecule has 1 aromatic carbocycles. The molecule has 2 aliphatic rings. The molecule has 154 valence electrons. The lowest BCUT2D eigenvalue weighted by Crippen LogP contribution is -2.50. The molecule has 0 radical (unpaired) electrons. The highest BCUT2D eigenvalue weighted by atomic mass is 32.1. The zero-order valence-electron chi connectivity index (χ0n) is 17.5. The number of rotatable bonds is 4. The summed E-state index contributed by atoms with van der Waals surface area (Å²) in [7, 11) is 0. The van der Waals surface area contributed by atoms with E-state index in [0.717, 1.165) is 30.0 Å². The van der Waals surface area contributed by atoms with Gasteiger partial charge in [0.1, 0.15) is 0 Å². The molecule has 3 heterocycles. The number of nitrogens with zero attached hydrogens (tertiary/aromatic N) is 2. The van der Waals surface area contributed by atoms with Gasteiger partial charge in [-0.15, -0.1) is 11.3 Å². The fraction of sp³-hybridized carbons (Fsp3) is 0.500. The number of hydrogen-bond acceptors (Lipinski definition) is 3. The van der Waals surface area contributed by atoms with E-state index in [1.54, 1.807) is 11.3 Å². The average Bonchev–Trinajstić information content (AvgIpc) is 3.23. The van der Waals surface area contributed by atoms with Gasteiger partial charge in [-0.25, -0.2) is 0 Å². The van der Waals surface area contributed by atoms with E-state index in [9.17, 15) is 9.59 Å². The number of fused-ring (bicyclic) bond motifs is 1. The molecule has 1 fully saturated rings. The Labute approximate surface area is 177 Å². The molecule has 1 saturated heterocycles. The maximum atomic E-state index is 13.9. The van der Waals surface area contributed by atoms with Crippen LogP contribution in [-0.4, -0.2) is 41.2 Å². The standard InChI is InChI=1S/C24H30N2O2S/c1-16(2)14-26-22(20-11-7-13-29-20)21(18-9-4-5-10-19(18)23(26)27)24(28)25-12-6-8-17(3)15-25/h4-5,7,9-11,13,16-17,21-22H,6,8,12,14-15H2,1-3H3/t17-,21+,22+/m1/s1. The van der Waals surface area contributed by atoms with E-state index in [2.05, 4.69) is 26.8 Å². The molecule has 0 spiro atoms. The topological polar surface area (TPSA) is 40.6 Å². The summed E-state index contributed by atoms with van der Waals surface area (Å²) in [6.45, 7) is 8.75. The third kappa shape index (κ3) is 3.85. The van der Waals surface area contributed by atoms with Gasteiger partial charge in [0.15, 0.2) is 0 Å². The maximum Gasteiger partial charge on any atom is 0.254 e. The Hall–Kier alpha value is -2.14. The van der Waals surface area contributed by atoms with Crippen LogP contribution in [0.2, 0.25) is 0 Å². The summed E-state index contributed by atoms with van der Waals surface area (Å²) in [5, 5.41) is 2.04. The zero-order valence-corrected chi connectivity index (χ0v) is 18.3. The Kier molecular flexibility index (Phi) is 5.77. The van der Waals surface area contributed by atoms with Crippen LogP contribution in [0.4, 0.5) is 0 Å². The van der Waals surface area contributed by atoms with Crippen LogP contribution in [0.1, 0.15) is 66.4 Å². The van der Waals surface area contributed by atoms with E-state index in [4.69, 9.17) is 0 Å². The van der Waals surface area contributed by atoms with E-state index in [1.807, 2.05) is 45.5 Å². The Morgan fingerprint density at radius 2 is 2.00 bits per heavy atom. The lowest BCUT2D eigenvalue weighted by Gasteiger charge is -2.44. The van der Waals surface area contributed by atoms with E-state index in [-0.39, 0.29) is 23.8 Å². The highest BCUT2D eigenvalue weighted by Crippen LogP contribution is 2.45. The van der Waals surface area contributed by atoms with Crippen LogP contribution in [-0.2, 0) is 4.79 Å². The first kappa shape index (κ1) is 20.1. The number of amides is 2. The highest BCUT2D eigenvalue weighted by molar-refractivity contribution is 7.10. The molecular weight excluding hydrogens is 380 g/mol. The molecule has 0 unspecified atom stereocenters. The predicted octanol–water partition coefficient (Wildman–Crippen LogP) is 4.94. The molecule has 2 aromatic rings. The van der Waals surface area contributed by atoms with Gasteiger partial charge in [0.25, 0.3) is 5.91 Å². The summed E-state index contributed by atoms with van der Waals surface area (Å²) in [6.07, 6.45) is 2.23. The number of carbonyl (C=O) groups is 2. The van der Waals surface area contributed by atoms with Crippen LogP contribution in [0.5, 0.6) is 0 Å². The van der Waals surface area contributed by atoms with Crippen molar-refractivity contribution in [3.8, 4) is 0 Å². The molecule has 0 aliphatic carbocycles. The first-order valence-corrected chi connectivity index (χ1v) is 11.6. The summed E-state index contributed by atoms with van der Waals surface area (Å²) in [5.74, 6) is 0.733. The summed E-state index contributed by atoms with van der Waals surface area (Å²) < 4.78 is 0. The third-order valence-electron chi connectivity index (χ3n) is 6.07. The van der Waals surface area contributed by atoms with Crippen molar-refractivity contribution in [2.45, 2.75) is 45.6 Å². The number of thiophene rings is 1. The molecule has 29 heavy (non-hydrogen) atoms. The van der Waals surface area contributed by atoms with E-state index in [1.165, 1.54) is 6.42 Å². The largest absolute Gasteiger partial charge is 0.342 e. The second kappa shape index (κ2) is 8.31. The molecule has 4 nitrogen and oxygen atoms in total. The third-order valence-corrected chi connectivity index (χ3v) is 7.01. The summed E-state index contributed by atoms with van der Waals surface area (Å²) >= 11 is 1.64. The number of benzene rings is 1. The number of carbonyl (C=O) groups excluding carboxylic acids is 2. The molecule has 3 atom stereocenters. The van der Waals surface area contributed by atoms with Gasteiger partial charge in [-0.3, -0.25) is 9.59 Å². The molecule has 5 heteroatoms. The van der Waals surface area contributed by atoms with Gasteiger partial charge < -0.3 is 9.80 Å². The Morgan fingerprint density at radius 3 is 2.69 bits per heavy atom. The number of piperidine rings is 1. The minimum absolute atomic E-state index is 0.0452. The van der Waals surface area contributed by atoms with Crippen molar-refractivity contribution < 1.29 is 9.59 Å². The van der Waals surface area contributed by atoms with Crippen molar-refractivity contribution in [3.05, 3.63) is 57.8 Å². The molecule has 4 rings (SSSR count). The maximum absolute atomic E-state index is 13.9. The van der Waals surface area contributed by atoms with Crippen LogP contribution in [0.25, 0.3) is 0 Å². The lowest BCUT2D eigenvalue weighted by atomic mass is 9.80. The van der Waals surface area contributed by atoms with Crippen molar-refractivity contribution in [1.82, 2.24) is 9.80 Å². The molecule has 2 amide bonds. The van der Waals surface area contributed by atoms with Gasteiger partial charge in [0.2, 0.25) is 5.91 Å². The normalized spacial score (nSPS) is 24.7. The summed E-state index contributed by atoms with van der Waals surface area (Å²) in [4.78, 5) is 32.4. The predicted molar refractivity (Wildman–Crippen MR) is 117 cm³/mol. The van der Waals surface area contributed by atoms with Crippen LogP contribution in [0.3, 0.4) is 0 Å². The van der Waals surface area contributed by atoms with Gasteiger partial charge in [0.05, 0.1) is 12.0 Å².